The Labute approximate surface area is 234 Å². The maximum absolute atomic E-state index is 13.8. The molecule has 1 atom stereocenters. The fourth-order valence-electron chi connectivity index (χ4n) is 4.10. The van der Waals surface area contributed by atoms with Crippen LogP contribution in [0.4, 0.5) is 5.69 Å². The summed E-state index contributed by atoms with van der Waals surface area (Å²) in [6, 6.07) is 19.9. The van der Waals surface area contributed by atoms with E-state index in [1.165, 1.54) is 30.2 Å². The van der Waals surface area contributed by atoms with E-state index in [0.29, 0.717) is 5.75 Å². The molecule has 3 rings (SSSR count). The van der Waals surface area contributed by atoms with E-state index in [9.17, 15) is 19.7 Å². The third-order valence-corrected chi connectivity index (χ3v) is 5.97. The molecule has 0 spiro atoms. The zero-order valence-corrected chi connectivity index (χ0v) is 23.4. The molecule has 0 aliphatic heterocycles. The van der Waals surface area contributed by atoms with Gasteiger partial charge >= 0.3 is 5.69 Å². The van der Waals surface area contributed by atoms with Crippen LogP contribution in [0.2, 0.25) is 0 Å². The molecule has 0 aromatic heterocycles. The van der Waals surface area contributed by atoms with Gasteiger partial charge in [0.1, 0.15) is 17.5 Å². The quantitative estimate of drug-likeness (QED) is 0.260. The number of methoxy groups -OCH3 is 2. The Balaban J connectivity index is 1.95. The Morgan fingerprint density at radius 1 is 0.925 bits per heavy atom. The molecular formula is C30H35N3O7. The third kappa shape index (κ3) is 8.45. The number of rotatable bonds is 12. The largest absolute Gasteiger partial charge is 0.497 e. The van der Waals surface area contributed by atoms with Crippen molar-refractivity contribution in [1.82, 2.24) is 10.2 Å². The van der Waals surface area contributed by atoms with Crippen LogP contribution in [0.3, 0.4) is 0 Å². The molecular weight excluding hydrogens is 514 g/mol. The lowest BCUT2D eigenvalue weighted by atomic mass is 10.0. The van der Waals surface area contributed by atoms with E-state index in [0.717, 1.165) is 11.1 Å². The van der Waals surface area contributed by atoms with Gasteiger partial charge in [-0.3, -0.25) is 19.7 Å². The fourth-order valence-corrected chi connectivity index (χ4v) is 4.10. The first-order chi connectivity index (χ1) is 19.0. The van der Waals surface area contributed by atoms with Gasteiger partial charge in [0.15, 0.2) is 6.61 Å². The molecule has 0 aliphatic rings. The summed E-state index contributed by atoms with van der Waals surface area (Å²) in [5.74, 6) is 0.109. The van der Waals surface area contributed by atoms with Gasteiger partial charge in [-0.05, 0) is 50.1 Å². The number of carbonyl (C=O) groups is 2. The Morgan fingerprint density at radius 3 is 2.25 bits per heavy atom. The minimum absolute atomic E-state index is 0.00898. The fraction of sp³-hybridized carbons (Fsp3) is 0.333. The molecule has 10 nitrogen and oxygen atoms in total. The van der Waals surface area contributed by atoms with Gasteiger partial charge in [0.2, 0.25) is 11.7 Å². The Bertz CT molecular complexity index is 1320. The van der Waals surface area contributed by atoms with Crippen molar-refractivity contribution in [2.45, 2.75) is 45.3 Å². The Hall–Kier alpha value is -4.60. The van der Waals surface area contributed by atoms with E-state index in [4.69, 9.17) is 14.2 Å². The smallest absolute Gasteiger partial charge is 0.311 e. The molecule has 212 valence electrons. The molecule has 3 aromatic carbocycles. The number of amides is 2. The van der Waals surface area contributed by atoms with Gasteiger partial charge in [0.05, 0.1) is 19.1 Å². The maximum atomic E-state index is 13.8. The third-order valence-electron chi connectivity index (χ3n) is 5.97. The Morgan fingerprint density at radius 2 is 1.62 bits per heavy atom. The summed E-state index contributed by atoms with van der Waals surface area (Å²) >= 11 is 0. The number of nitrogens with one attached hydrogen (secondary N) is 1. The number of nitrogens with zero attached hydrogens (tertiary/aromatic N) is 2. The summed E-state index contributed by atoms with van der Waals surface area (Å²) < 4.78 is 16.2. The minimum Gasteiger partial charge on any atom is -0.497 e. The summed E-state index contributed by atoms with van der Waals surface area (Å²) in [5.41, 5.74) is 0.914. The highest BCUT2D eigenvalue weighted by atomic mass is 16.6. The maximum Gasteiger partial charge on any atom is 0.311 e. The number of benzene rings is 3. The molecule has 1 N–H and O–H groups in total. The molecule has 3 aromatic rings. The van der Waals surface area contributed by atoms with Gasteiger partial charge in [0.25, 0.3) is 5.91 Å². The zero-order valence-electron chi connectivity index (χ0n) is 23.4. The number of ether oxygens (including phenoxy) is 3. The average Bonchev–Trinajstić information content (AvgIpc) is 2.93. The standard InChI is InChI=1S/C30H35N3O7/c1-30(2,3)31-29(35)26(17-21-10-7-6-8-11-21)32(19-22-12-9-13-23(16-22)38-4)28(34)20-40-24-14-15-25(33(36)37)27(18-24)39-5/h6-16,18,26H,17,19-20H2,1-5H3,(H,31,35)/t26-/m1/s1. The molecule has 0 saturated heterocycles. The van der Waals surface area contributed by atoms with Crippen molar-refractivity contribution in [3.05, 3.63) is 94.0 Å². The first kappa shape index (κ1) is 29.9. The van der Waals surface area contributed by atoms with E-state index in [1.54, 1.807) is 13.2 Å². The van der Waals surface area contributed by atoms with Gasteiger partial charge < -0.3 is 24.4 Å². The summed E-state index contributed by atoms with van der Waals surface area (Å²) in [6.45, 7) is 5.36. The van der Waals surface area contributed by atoms with Crippen LogP contribution in [0.15, 0.2) is 72.8 Å². The summed E-state index contributed by atoms with van der Waals surface area (Å²) in [6.07, 6.45) is 0.282. The number of hydrogen-bond donors (Lipinski definition) is 1. The van der Waals surface area contributed by atoms with Crippen LogP contribution >= 0.6 is 0 Å². The van der Waals surface area contributed by atoms with Crippen LogP contribution in [0.5, 0.6) is 17.2 Å². The Kier molecular flexibility index (Phi) is 10.1. The molecule has 40 heavy (non-hydrogen) atoms. The van der Waals surface area contributed by atoms with Crippen LogP contribution in [-0.4, -0.2) is 54.0 Å². The molecule has 0 radical (unpaired) electrons. The van der Waals surface area contributed by atoms with E-state index in [-0.39, 0.29) is 36.1 Å². The monoisotopic (exact) mass is 549 g/mol. The molecule has 0 bridgehead atoms. The van der Waals surface area contributed by atoms with Crippen molar-refractivity contribution >= 4 is 17.5 Å². The lowest BCUT2D eigenvalue weighted by Crippen LogP contribution is -2.55. The van der Waals surface area contributed by atoms with Crippen LogP contribution in [0.1, 0.15) is 31.9 Å². The second-order valence-corrected chi connectivity index (χ2v) is 10.2. The topological polar surface area (TPSA) is 120 Å². The van der Waals surface area contributed by atoms with Crippen LogP contribution < -0.4 is 19.5 Å². The molecule has 0 fully saturated rings. The van der Waals surface area contributed by atoms with Crippen molar-refractivity contribution in [2.75, 3.05) is 20.8 Å². The summed E-state index contributed by atoms with van der Waals surface area (Å²) in [4.78, 5) is 39.5. The zero-order chi connectivity index (χ0) is 29.3. The van der Waals surface area contributed by atoms with E-state index in [1.807, 2.05) is 69.3 Å². The van der Waals surface area contributed by atoms with Crippen molar-refractivity contribution < 1.29 is 28.7 Å². The van der Waals surface area contributed by atoms with Crippen molar-refractivity contribution in [2.24, 2.45) is 0 Å². The van der Waals surface area contributed by atoms with Crippen molar-refractivity contribution in [1.29, 1.82) is 0 Å². The van der Waals surface area contributed by atoms with Gasteiger partial charge in [-0.2, -0.15) is 0 Å². The van der Waals surface area contributed by atoms with Crippen LogP contribution in [0.25, 0.3) is 0 Å². The van der Waals surface area contributed by atoms with Crippen LogP contribution in [0, 0.1) is 10.1 Å². The first-order valence-electron chi connectivity index (χ1n) is 12.7. The van der Waals surface area contributed by atoms with E-state index in [2.05, 4.69) is 5.32 Å². The van der Waals surface area contributed by atoms with Gasteiger partial charge in [-0.1, -0.05) is 42.5 Å². The second-order valence-electron chi connectivity index (χ2n) is 10.2. The van der Waals surface area contributed by atoms with Gasteiger partial charge in [0, 0.05) is 30.6 Å². The predicted octanol–water partition coefficient (Wildman–Crippen LogP) is 4.55. The predicted molar refractivity (Wildman–Crippen MR) is 151 cm³/mol. The minimum atomic E-state index is -0.852. The molecule has 10 heteroatoms. The molecule has 0 aliphatic carbocycles. The lowest BCUT2D eigenvalue weighted by Gasteiger charge is -2.33. The molecule has 0 saturated carbocycles. The number of hydrogen-bond acceptors (Lipinski definition) is 7. The average molecular weight is 550 g/mol. The summed E-state index contributed by atoms with van der Waals surface area (Å²) in [7, 11) is 2.87. The number of nitro benzene ring substituents is 1. The first-order valence-corrected chi connectivity index (χ1v) is 12.7. The van der Waals surface area contributed by atoms with Crippen molar-refractivity contribution in [3.8, 4) is 17.2 Å². The van der Waals surface area contributed by atoms with Gasteiger partial charge in [-0.15, -0.1) is 0 Å². The highest BCUT2D eigenvalue weighted by molar-refractivity contribution is 5.89. The molecule has 2 amide bonds. The highest BCUT2D eigenvalue weighted by Crippen LogP contribution is 2.31. The summed E-state index contributed by atoms with van der Waals surface area (Å²) in [5, 5.41) is 14.2. The number of carbonyl (C=O) groups excluding carboxylic acids is 2. The lowest BCUT2D eigenvalue weighted by molar-refractivity contribution is -0.385. The SMILES string of the molecule is COc1cccc(CN(C(=O)COc2ccc([N+](=O)[O-])c(OC)c2)[C@H](Cc2ccccc2)C(=O)NC(C)(C)C)c1. The van der Waals surface area contributed by atoms with Crippen molar-refractivity contribution in [3.63, 3.8) is 0 Å². The highest BCUT2D eigenvalue weighted by Gasteiger charge is 2.32. The molecule has 0 heterocycles. The molecule has 0 unspecified atom stereocenters. The van der Waals surface area contributed by atoms with E-state index < -0.39 is 29.0 Å². The van der Waals surface area contributed by atoms with Crippen LogP contribution in [-0.2, 0) is 22.6 Å². The second kappa shape index (κ2) is 13.5. The van der Waals surface area contributed by atoms with E-state index >= 15 is 0 Å². The van der Waals surface area contributed by atoms with Gasteiger partial charge in [-0.25, -0.2) is 0 Å². The number of nitro groups is 1. The normalized spacial score (nSPS) is 11.7.